The number of carbonyl (C=O) groups excluding carboxylic acids is 2. The Labute approximate surface area is 125 Å². The fraction of sp³-hybridized carbons (Fsp3) is 0.500. The second-order valence-electron chi connectivity index (χ2n) is 5.86. The van der Waals surface area contributed by atoms with Gasteiger partial charge in [-0.15, -0.1) is 0 Å². The number of amides is 2. The van der Waals surface area contributed by atoms with Gasteiger partial charge in [-0.1, -0.05) is 18.6 Å². The van der Waals surface area contributed by atoms with Crippen LogP contribution in [0.3, 0.4) is 0 Å². The second kappa shape index (κ2) is 6.72. The van der Waals surface area contributed by atoms with E-state index in [-0.39, 0.29) is 23.8 Å². The van der Waals surface area contributed by atoms with E-state index < -0.39 is 0 Å². The minimum atomic E-state index is -0.119. The lowest BCUT2D eigenvalue weighted by molar-refractivity contribution is -0.120. The third-order valence-corrected chi connectivity index (χ3v) is 3.91. The van der Waals surface area contributed by atoms with E-state index in [0.717, 1.165) is 25.7 Å². The number of anilines is 1. The summed E-state index contributed by atoms with van der Waals surface area (Å²) < 4.78 is 0. The molecular weight excluding hydrogens is 266 g/mol. The summed E-state index contributed by atoms with van der Waals surface area (Å²) in [6.45, 7) is 0. The number of carbonyl (C=O) groups is 2. The molecule has 5 nitrogen and oxygen atoms in total. The van der Waals surface area contributed by atoms with Crippen LogP contribution in [0.15, 0.2) is 24.3 Å². The van der Waals surface area contributed by atoms with Gasteiger partial charge in [-0.2, -0.15) is 0 Å². The van der Waals surface area contributed by atoms with Crippen molar-refractivity contribution < 1.29 is 9.59 Å². The van der Waals surface area contributed by atoms with Crippen LogP contribution < -0.4 is 11.1 Å². The van der Waals surface area contributed by atoms with Crippen LogP contribution in [-0.4, -0.2) is 36.9 Å². The molecule has 0 radical (unpaired) electrons. The minimum absolute atomic E-state index is 0.0378. The molecule has 2 amide bonds. The molecule has 0 saturated heterocycles. The molecule has 3 N–H and O–H groups in total. The highest BCUT2D eigenvalue weighted by molar-refractivity contribution is 6.04. The summed E-state index contributed by atoms with van der Waals surface area (Å²) in [5, 5.41) is 2.89. The number of hydrogen-bond donors (Lipinski definition) is 2. The molecule has 1 aliphatic rings. The fourth-order valence-electron chi connectivity index (χ4n) is 2.72. The second-order valence-corrected chi connectivity index (χ2v) is 5.86. The van der Waals surface area contributed by atoms with Crippen LogP contribution in [0.25, 0.3) is 0 Å². The Kier molecular flexibility index (Phi) is 4.96. The molecule has 2 unspecified atom stereocenters. The molecule has 2 atom stereocenters. The lowest BCUT2D eigenvalue weighted by atomic mass is 9.85. The number of nitrogens with zero attached hydrogens (tertiary/aromatic N) is 1. The first-order valence-electron chi connectivity index (χ1n) is 7.36. The van der Waals surface area contributed by atoms with Gasteiger partial charge in [0.2, 0.25) is 5.91 Å². The Morgan fingerprint density at radius 3 is 2.62 bits per heavy atom. The summed E-state index contributed by atoms with van der Waals surface area (Å²) in [6, 6.07) is 7.20. The molecule has 21 heavy (non-hydrogen) atoms. The van der Waals surface area contributed by atoms with Crippen molar-refractivity contribution in [2.75, 3.05) is 19.4 Å². The zero-order valence-electron chi connectivity index (χ0n) is 12.6. The van der Waals surface area contributed by atoms with Gasteiger partial charge in [0.15, 0.2) is 0 Å². The Morgan fingerprint density at radius 2 is 1.95 bits per heavy atom. The quantitative estimate of drug-likeness (QED) is 0.891. The maximum absolute atomic E-state index is 12.4. The number of nitrogens with two attached hydrogens (primary N) is 1. The molecule has 5 heteroatoms. The molecule has 0 heterocycles. The summed E-state index contributed by atoms with van der Waals surface area (Å²) in [5.41, 5.74) is 7.01. The van der Waals surface area contributed by atoms with Gasteiger partial charge >= 0.3 is 0 Å². The number of nitrogens with one attached hydrogen (secondary N) is 1. The monoisotopic (exact) mass is 289 g/mol. The maximum Gasteiger partial charge on any atom is 0.255 e. The van der Waals surface area contributed by atoms with Crippen molar-refractivity contribution in [3.8, 4) is 0 Å². The smallest absolute Gasteiger partial charge is 0.255 e. The first-order valence-corrected chi connectivity index (χ1v) is 7.36. The third kappa shape index (κ3) is 3.82. The molecule has 0 bridgehead atoms. The molecular formula is C16H23N3O2. The van der Waals surface area contributed by atoms with E-state index in [0.29, 0.717) is 11.3 Å². The molecule has 2 rings (SSSR count). The molecule has 1 fully saturated rings. The Balaban J connectivity index is 2.12. The van der Waals surface area contributed by atoms with Crippen molar-refractivity contribution >= 4 is 17.5 Å². The first kappa shape index (κ1) is 15.5. The van der Waals surface area contributed by atoms with E-state index in [1.54, 1.807) is 32.3 Å². The lowest BCUT2D eigenvalue weighted by Gasteiger charge is -2.26. The van der Waals surface area contributed by atoms with E-state index in [2.05, 4.69) is 5.32 Å². The van der Waals surface area contributed by atoms with Gasteiger partial charge in [0.05, 0.1) is 11.3 Å². The van der Waals surface area contributed by atoms with E-state index >= 15 is 0 Å². The summed E-state index contributed by atoms with van der Waals surface area (Å²) in [5.74, 6) is -0.216. The Hall–Kier alpha value is -1.88. The van der Waals surface area contributed by atoms with E-state index in [4.69, 9.17) is 5.73 Å². The van der Waals surface area contributed by atoms with Crippen molar-refractivity contribution in [3.05, 3.63) is 29.8 Å². The highest BCUT2D eigenvalue weighted by Crippen LogP contribution is 2.25. The summed E-state index contributed by atoms with van der Waals surface area (Å²) >= 11 is 0. The zero-order valence-corrected chi connectivity index (χ0v) is 12.6. The SMILES string of the molecule is CN(C)C(=O)c1ccccc1NC(=O)C1CCCC(N)C1. The standard InChI is InChI=1S/C16H23N3O2/c1-19(2)16(21)13-8-3-4-9-14(13)18-15(20)11-6-5-7-12(17)10-11/h3-4,8-9,11-12H,5-7,10,17H2,1-2H3,(H,18,20). The molecule has 1 aromatic rings. The van der Waals surface area contributed by atoms with Crippen molar-refractivity contribution in [1.29, 1.82) is 0 Å². The lowest BCUT2D eigenvalue weighted by Crippen LogP contribution is -2.34. The van der Waals surface area contributed by atoms with Gasteiger partial charge in [0.25, 0.3) is 5.91 Å². The van der Waals surface area contributed by atoms with Crippen molar-refractivity contribution in [2.45, 2.75) is 31.7 Å². The summed E-state index contributed by atoms with van der Waals surface area (Å²) in [6.07, 6.45) is 3.55. The van der Waals surface area contributed by atoms with Crippen molar-refractivity contribution in [1.82, 2.24) is 4.90 Å². The van der Waals surface area contributed by atoms with Crippen LogP contribution in [-0.2, 0) is 4.79 Å². The molecule has 1 aliphatic carbocycles. The maximum atomic E-state index is 12.4. The molecule has 1 aromatic carbocycles. The Bertz CT molecular complexity index is 528. The van der Waals surface area contributed by atoms with Crippen LogP contribution in [0.4, 0.5) is 5.69 Å². The van der Waals surface area contributed by atoms with Crippen LogP contribution in [0.2, 0.25) is 0 Å². The van der Waals surface area contributed by atoms with E-state index in [1.165, 1.54) is 4.90 Å². The van der Waals surface area contributed by atoms with E-state index in [1.807, 2.05) is 6.07 Å². The average molecular weight is 289 g/mol. The van der Waals surface area contributed by atoms with Crippen LogP contribution in [0, 0.1) is 5.92 Å². The number of hydrogen-bond acceptors (Lipinski definition) is 3. The largest absolute Gasteiger partial charge is 0.345 e. The highest BCUT2D eigenvalue weighted by atomic mass is 16.2. The normalized spacial score (nSPS) is 21.7. The molecule has 0 aromatic heterocycles. The molecule has 1 saturated carbocycles. The van der Waals surface area contributed by atoms with Gasteiger partial charge in [-0.3, -0.25) is 9.59 Å². The van der Waals surface area contributed by atoms with Gasteiger partial charge in [-0.25, -0.2) is 0 Å². The Morgan fingerprint density at radius 1 is 1.24 bits per heavy atom. The molecule has 0 spiro atoms. The first-order chi connectivity index (χ1) is 9.99. The molecule has 114 valence electrons. The van der Waals surface area contributed by atoms with E-state index in [9.17, 15) is 9.59 Å². The summed E-state index contributed by atoms with van der Waals surface area (Å²) in [7, 11) is 3.39. The van der Waals surface area contributed by atoms with Crippen LogP contribution in [0.1, 0.15) is 36.0 Å². The summed E-state index contributed by atoms with van der Waals surface area (Å²) in [4.78, 5) is 26.0. The predicted octanol–water partition coefficient (Wildman–Crippen LogP) is 1.84. The van der Waals surface area contributed by atoms with Gasteiger partial charge < -0.3 is 16.0 Å². The third-order valence-electron chi connectivity index (χ3n) is 3.91. The minimum Gasteiger partial charge on any atom is -0.345 e. The highest BCUT2D eigenvalue weighted by Gasteiger charge is 2.26. The molecule has 0 aliphatic heterocycles. The fourth-order valence-corrected chi connectivity index (χ4v) is 2.72. The average Bonchev–Trinajstić information content (AvgIpc) is 2.47. The van der Waals surface area contributed by atoms with Crippen molar-refractivity contribution in [3.63, 3.8) is 0 Å². The van der Waals surface area contributed by atoms with Gasteiger partial charge in [0.1, 0.15) is 0 Å². The predicted molar refractivity (Wildman–Crippen MR) is 83.0 cm³/mol. The number of benzene rings is 1. The van der Waals surface area contributed by atoms with Gasteiger partial charge in [-0.05, 0) is 31.4 Å². The van der Waals surface area contributed by atoms with Gasteiger partial charge in [0, 0.05) is 26.1 Å². The topological polar surface area (TPSA) is 75.4 Å². The number of para-hydroxylation sites is 1. The number of rotatable bonds is 3. The van der Waals surface area contributed by atoms with Crippen LogP contribution in [0.5, 0.6) is 0 Å². The zero-order chi connectivity index (χ0) is 15.4. The van der Waals surface area contributed by atoms with Crippen LogP contribution >= 0.6 is 0 Å². The van der Waals surface area contributed by atoms with Crippen molar-refractivity contribution in [2.24, 2.45) is 11.7 Å².